The van der Waals surface area contributed by atoms with Crippen molar-refractivity contribution >= 4 is 17.7 Å². The summed E-state index contributed by atoms with van der Waals surface area (Å²) in [5.74, 6) is -0.398. The highest BCUT2D eigenvalue weighted by Gasteiger charge is 2.03. The average molecular weight is 264 g/mol. The molecule has 0 heterocycles. The molecule has 5 nitrogen and oxygen atoms in total. The number of urea groups is 1. The number of anilines is 1. The van der Waals surface area contributed by atoms with Crippen LogP contribution in [0.3, 0.4) is 0 Å². The SMILES string of the molecule is CC(C)c1ccc(NC(=O)NCCCC(=O)O)cc1. The van der Waals surface area contributed by atoms with E-state index in [0.29, 0.717) is 18.9 Å². The Balaban J connectivity index is 2.33. The van der Waals surface area contributed by atoms with Gasteiger partial charge in [0.1, 0.15) is 0 Å². The zero-order valence-corrected chi connectivity index (χ0v) is 11.3. The molecular formula is C14H20N2O3. The van der Waals surface area contributed by atoms with Crippen molar-refractivity contribution in [2.24, 2.45) is 0 Å². The van der Waals surface area contributed by atoms with Crippen LogP contribution in [0.25, 0.3) is 0 Å². The summed E-state index contributed by atoms with van der Waals surface area (Å²) in [5.41, 5.74) is 1.94. The standard InChI is InChI=1S/C14H20N2O3/c1-10(2)11-5-7-12(8-6-11)16-14(19)15-9-3-4-13(17)18/h5-8,10H,3-4,9H2,1-2H3,(H,17,18)(H2,15,16,19). The Labute approximate surface area is 113 Å². The maximum Gasteiger partial charge on any atom is 0.319 e. The number of carbonyl (C=O) groups is 2. The molecular weight excluding hydrogens is 244 g/mol. The Morgan fingerprint density at radius 2 is 1.84 bits per heavy atom. The van der Waals surface area contributed by atoms with Crippen molar-refractivity contribution in [3.05, 3.63) is 29.8 Å². The topological polar surface area (TPSA) is 78.4 Å². The van der Waals surface area contributed by atoms with E-state index in [0.717, 1.165) is 5.69 Å². The maximum atomic E-state index is 11.5. The first-order chi connectivity index (χ1) is 8.99. The summed E-state index contributed by atoms with van der Waals surface area (Å²) < 4.78 is 0. The summed E-state index contributed by atoms with van der Waals surface area (Å²) in [6.07, 6.45) is 0.485. The summed E-state index contributed by atoms with van der Waals surface area (Å²) in [4.78, 5) is 21.8. The molecule has 0 fully saturated rings. The molecule has 0 spiro atoms. The fourth-order valence-electron chi connectivity index (χ4n) is 1.57. The fourth-order valence-corrected chi connectivity index (χ4v) is 1.57. The number of benzene rings is 1. The van der Waals surface area contributed by atoms with E-state index in [9.17, 15) is 9.59 Å². The third-order valence-electron chi connectivity index (χ3n) is 2.69. The van der Waals surface area contributed by atoms with Crippen molar-refractivity contribution in [1.82, 2.24) is 5.32 Å². The lowest BCUT2D eigenvalue weighted by atomic mass is 10.0. The van der Waals surface area contributed by atoms with Crippen LogP contribution in [0, 0.1) is 0 Å². The third-order valence-corrected chi connectivity index (χ3v) is 2.69. The van der Waals surface area contributed by atoms with E-state index in [1.807, 2.05) is 24.3 Å². The minimum absolute atomic E-state index is 0.0589. The van der Waals surface area contributed by atoms with Gasteiger partial charge in [0.25, 0.3) is 0 Å². The molecule has 0 radical (unpaired) electrons. The van der Waals surface area contributed by atoms with Gasteiger partial charge in [-0.3, -0.25) is 4.79 Å². The smallest absolute Gasteiger partial charge is 0.319 e. The molecule has 0 unspecified atom stereocenters. The van der Waals surface area contributed by atoms with Gasteiger partial charge in [0.15, 0.2) is 0 Å². The first-order valence-corrected chi connectivity index (χ1v) is 6.35. The summed E-state index contributed by atoms with van der Waals surface area (Å²) in [6, 6.07) is 7.34. The Hall–Kier alpha value is -2.04. The summed E-state index contributed by atoms with van der Waals surface area (Å²) in [5, 5.41) is 13.8. The van der Waals surface area contributed by atoms with Gasteiger partial charge in [0, 0.05) is 18.7 Å². The molecule has 5 heteroatoms. The minimum atomic E-state index is -0.855. The lowest BCUT2D eigenvalue weighted by Gasteiger charge is -2.09. The number of carboxylic acid groups (broad SMARTS) is 1. The van der Waals surface area contributed by atoms with Crippen molar-refractivity contribution in [2.45, 2.75) is 32.6 Å². The number of hydrogen-bond donors (Lipinski definition) is 3. The highest BCUT2D eigenvalue weighted by molar-refractivity contribution is 5.89. The Morgan fingerprint density at radius 1 is 1.21 bits per heavy atom. The number of rotatable bonds is 6. The van der Waals surface area contributed by atoms with Crippen LogP contribution >= 0.6 is 0 Å². The number of amides is 2. The molecule has 2 amide bonds. The molecule has 0 bridgehead atoms. The van der Waals surface area contributed by atoms with Crippen LogP contribution in [0.2, 0.25) is 0 Å². The predicted molar refractivity (Wildman–Crippen MR) is 74.4 cm³/mol. The molecule has 0 saturated carbocycles. The van der Waals surface area contributed by atoms with E-state index >= 15 is 0 Å². The molecule has 1 rings (SSSR count). The highest BCUT2D eigenvalue weighted by Crippen LogP contribution is 2.16. The van der Waals surface area contributed by atoms with E-state index in [1.54, 1.807) is 0 Å². The second-order valence-corrected chi connectivity index (χ2v) is 4.65. The number of aliphatic carboxylic acids is 1. The molecule has 104 valence electrons. The van der Waals surface area contributed by atoms with Crippen molar-refractivity contribution < 1.29 is 14.7 Å². The second kappa shape index (κ2) is 7.41. The van der Waals surface area contributed by atoms with Crippen LogP contribution in [0.1, 0.15) is 38.2 Å². The predicted octanol–water partition coefficient (Wildman–Crippen LogP) is 2.80. The molecule has 0 atom stereocenters. The average Bonchev–Trinajstić information content (AvgIpc) is 2.35. The molecule has 0 aliphatic rings. The van der Waals surface area contributed by atoms with Crippen molar-refractivity contribution in [1.29, 1.82) is 0 Å². The maximum absolute atomic E-state index is 11.5. The number of carboxylic acids is 1. The van der Waals surface area contributed by atoms with Crippen LogP contribution in [-0.4, -0.2) is 23.7 Å². The van der Waals surface area contributed by atoms with Crippen LogP contribution < -0.4 is 10.6 Å². The summed E-state index contributed by atoms with van der Waals surface area (Å²) in [6.45, 7) is 4.57. The van der Waals surface area contributed by atoms with Crippen LogP contribution in [0.15, 0.2) is 24.3 Å². The van der Waals surface area contributed by atoms with Gasteiger partial charge in [-0.2, -0.15) is 0 Å². The van der Waals surface area contributed by atoms with Crippen molar-refractivity contribution in [3.63, 3.8) is 0 Å². The Morgan fingerprint density at radius 3 is 2.37 bits per heavy atom. The number of hydrogen-bond acceptors (Lipinski definition) is 2. The van der Waals surface area contributed by atoms with Gasteiger partial charge in [0.05, 0.1) is 0 Å². The highest BCUT2D eigenvalue weighted by atomic mass is 16.4. The quantitative estimate of drug-likeness (QED) is 0.691. The van der Waals surface area contributed by atoms with Gasteiger partial charge in [-0.1, -0.05) is 26.0 Å². The van der Waals surface area contributed by atoms with Crippen LogP contribution in [-0.2, 0) is 4.79 Å². The monoisotopic (exact) mass is 264 g/mol. The molecule has 1 aromatic carbocycles. The van der Waals surface area contributed by atoms with Crippen molar-refractivity contribution in [2.75, 3.05) is 11.9 Å². The van der Waals surface area contributed by atoms with E-state index in [-0.39, 0.29) is 12.5 Å². The number of nitrogens with one attached hydrogen (secondary N) is 2. The molecule has 0 aliphatic heterocycles. The first-order valence-electron chi connectivity index (χ1n) is 6.35. The molecule has 19 heavy (non-hydrogen) atoms. The summed E-state index contributed by atoms with van der Waals surface area (Å²) in [7, 11) is 0. The lowest BCUT2D eigenvalue weighted by molar-refractivity contribution is -0.137. The van der Waals surface area contributed by atoms with E-state index in [1.165, 1.54) is 5.56 Å². The number of carbonyl (C=O) groups excluding carboxylic acids is 1. The van der Waals surface area contributed by atoms with Gasteiger partial charge in [-0.15, -0.1) is 0 Å². The van der Waals surface area contributed by atoms with Gasteiger partial charge in [-0.05, 0) is 30.0 Å². The van der Waals surface area contributed by atoms with Gasteiger partial charge >= 0.3 is 12.0 Å². The normalized spacial score (nSPS) is 10.3. The van der Waals surface area contributed by atoms with Crippen LogP contribution in [0.5, 0.6) is 0 Å². The largest absolute Gasteiger partial charge is 0.481 e. The molecule has 0 aromatic heterocycles. The van der Waals surface area contributed by atoms with E-state index in [2.05, 4.69) is 24.5 Å². The fraction of sp³-hybridized carbons (Fsp3) is 0.429. The van der Waals surface area contributed by atoms with Gasteiger partial charge < -0.3 is 15.7 Å². The lowest BCUT2D eigenvalue weighted by Crippen LogP contribution is -2.29. The third kappa shape index (κ3) is 5.90. The zero-order valence-electron chi connectivity index (χ0n) is 11.3. The molecule has 1 aromatic rings. The zero-order chi connectivity index (χ0) is 14.3. The Bertz CT molecular complexity index is 427. The van der Waals surface area contributed by atoms with Gasteiger partial charge in [-0.25, -0.2) is 4.79 Å². The summed E-state index contributed by atoms with van der Waals surface area (Å²) >= 11 is 0. The first kappa shape index (κ1) is 15.0. The van der Waals surface area contributed by atoms with E-state index in [4.69, 9.17) is 5.11 Å². The minimum Gasteiger partial charge on any atom is -0.481 e. The van der Waals surface area contributed by atoms with Crippen molar-refractivity contribution in [3.8, 4) is 0 Å². The second-order valence-electron chi connectivity index (χ2n) is 4.65. The molecule has 3 N–H and O–H groups in total. The Kier molecular flexibility index (Phi) is 5.85. The molecule has 0 saturated heterocycles. The molecule has 0 aliphatic carbocycles. The van der Waals surface area contributed by atoms with E-state index < -0.39 is 5.97 Å². The van der Waals surface area contributed by atoms with Gasteiger partial charge in [0.2, 0.25) is 0 Å². The van der Waals surface area contributed by atoms with Crippen LogP contribution in [0.4, 0.5) is 10.5 Å².